The molecule has 0 fully saturated rings. The second kappa shape index (κ2) is 27.6. The fraction of sp³-hybridized carbons (Fsp3) is 0.261. The standard InChI is InChI=1S/C26H31Cl3N4O4Si.C11H10ClN3.C9H7Cl2NO3/c1-35-19-13-20(36-2)24(29)25(23(19)28)33(17-37-11-12-38(3,4)5)26(34)32(15-18-9-7-6-8-10-18)22-14-21(27)30-16-31-22;12-10-6-11(15-8-14-10)13-7-9-4-2-1-3-5-9;1-14-5-3-6(15-2)8(11)9(7(5)10)12-4-13/h6-10,13-14,16H,11-12,15,17H2,1-5H3;1-6,8H,7H2,(H,13,14,15);3H,1-2H3. The summed E-state index contributed by atoms with van der Waals surface area (Å²) in [5.41, 5.74) is 2.35. The van der Waals surface area contributed by atoms with Crippen LogP contribution in [-0.4, -0.2) is 81.9 Å². The number of hydrogen-bond donors (Lipinski definition) is 1. The van der Waals surface area contributed by atoms with Gasteiger partial charge in [-0.05, 0) is 17.2 Å². The molecule has 2 heterocycles. The first-order valence-corrected chi connectivity index (χ1v) is 26.2. The van der Waals surface area contributed by atoms with Gasteiger partial charge in [-0.25, -0.2) is 29.5 Å². The third-order valence-electron chi connectivity index (χ3n) is 9.24. The quantitative estimate of drug-likeness (QED) is 0.0230. The van der Waals surface area contributed by atoms with E-state index in [-0.39, 0.29) is 49.9 Å². The molecular weight excluding hydrogens is 1020 g/mol. The molecule has 2 aromatic heterocycles. The molecule has 0 bridgehead atoms. The molecule has 360 valence electrons. The van der Waals surface area contributed by atoms with Crippen molar-refractivity contribution in [2.45, 2.75) is 38.8 Å². The van der Waals surface area contributed by atoms with Crippen LogP contribution in [0.4, 0.5) is 27.8 Å². The molecule has 0 spiro atoms. The fourth-order valence-electron chi connectivity index (χ4n) is 5.72. The molecular formula is C46H48Cl6N8O7Si. The monoisotopic (exact) mass is 1060 g/mol. The summed E-state index contributed by atoms with van der Waals surface area (Å²) in [6.45, 7) is 8.02. The van der Waals surface area contributed by atoms with Gasteiger partial charge in [-0.2, -0.15) is 4.99 Å². The van der Waals surface area contributed by atoms with Crippen LogP contribution in [0.3, 0.4) is 0 Å². The zero-order valence-electron chi connectivity index (χ0n) is 38.0. The Kier molecular flexibility index (Phi) is 22.4. The minimum atomic E-state index is -1.38. The number of nitrogens with zero attached hydrogens (tertiary/aromatic N) is 7. The first-order valence-electron chi connectivity index (χ1n) is 20.3. The van der Waals surface area contributed by atoms with Crippen LogP contribution in [0.2, 0.25) is 56.1 Å². The van der Waals surface area contributed by atoms with E-state index in [4.69, 9.17) is 93.3 Å². The van der Waals surface area contributed by atoms with E-state index in [0.717, 1.165) is 24.0 Å². The number of carbonyl (C=O) groups is 1. The molecule has 0 saturated heterocycles. The van der Waals surface area contributed by atoms with E-state index in [9.17, 15) is 9.59 Å². The lowest BCUT2D eigenvalue weighted by atomic mass is 10.2. The van der Waals surface area contributed by atoms with Crippen molar-refractivity contribution in [3.63, 3.8) is 0 Å². The van der Waals surface area contributed by atoms with Gasteiger partial charge in [-0.1, -0.05) is 150 Å². The molecule has 4 aromatic carbocycles. The number of rotatable bonds is 17. The molecule has 6 aromatic rings. The van der Waals surface area contributed by atoms with Crippen LogP contribution < -0.4 is 34.1 Å². The molecule has 0 aliphatic heterocycles. The second-order valence-corrected chi connectivity index (χ2v) is 23.0. The molecule has 0 aliphatic carbocycles. The number of amides is 2. The highest BCUT2D eigenvalue weighted by Crippen LogP contribution is 2.47. The highest BCUT2D eigenvalue weighted by Gasteiger charge is 2.32. The Morgan fingerprint density at radius 3 is 1.65 bits per heavy atom. The van der Waals surface area contributed by atoms with Crippen molar-refractivity contribution in [2.24, 2.45) is 4.99 Å². The normalized spacial score (nSPS) is 10.5. The average Bonchev–Trinajstić information content (AvgIpc) is 3.33. The summed E-state index contributed by atoms with van der Waals surface area (Å²) in [6.07, 6.45) is 4.10. The van der Waals surface area contributed by atoms with E-state index in [0.29, 0.717) is 40.6 Å². The number of halogens is 6. The van der Waals surface area contributed by atoms with Gasteiger partial charge < -0.3 is 29.0 Å². The van der Waals surface area contributed by atoms with Gasteiger partial charge in [0.25, 0.3) is 0 Å². The van der Waals surface area contributed by atoms with Crippen molar-refractivity contribution < 1.29 is 33.3 Å². The molecule has 68 heavy (non-hydrogen) atoms. The second-order valence-electron chi connectivity index (χ2n) is 15.1. The van der Waals surface area contributed by atoms with Gasteiger partial charge in [-0.15, -0.1) is 0 Å². The summed E-state index contributed by atoms with van der Waals surface area (Å²) in [4.78, 5) is 46.9. The zero-order chi connectivity index (χ0) is 49.8. The van der Waals surface area contributed by atoms with Crippen LogP contribution in [-0.2, 0) is 22.6 Å². The van der Waals surface area contributed by atoms with Crippen molar-refractivity contribution in [2.75, 3.05) is 56.9 Å². The maximum Gasteiger partial charge on any atom is 0.332 e. The lowest BCUT2D eigenvalue weighted by Gasteiger charge is -2.32. The Morgan fingerprint density at radius 2 is 1.16 bits per heavy atom. The fourth-order valence-corrected chi connectivity index (χ4v) is 8.06. The number of ether oxygens (including phenoxy) is 5. The van der Waals surface area contributed by atoms with Gasteiger partial charge in [0.2, 0.25) is 6.08 Å². The third-order valence-corrected chi connectivity index (χ3v) is 12.8. The predicted molar refractivity (Wildman–Crippen MR) is 274 cm³/mol. The average molecular weight is 1070 g/mol. The van der Waals surface area contributed by atoms with Crippen LogP contribution in [0.5, 0.6) is 23.0 Å². The van der Waals surface area contributed by atoms with Gasteiger partial charge >= 0.3 is 6.03 Å². The summed E-state index contributed by atoms with van der Waals surface area (Å²) in [7, 11) is 4.43. The number of aliphatic imine (C=N–C) groups is 1. The number of aromatic nitrogens is 4. The highest BCUT2D eigenvalue weighted by atomic mass is 35.5. The van der Waals surface area contributed by atoms with Gasteiger partial charge in [0.05, 0.1) is 40.7 Å². The topological polar surface area (TPSA) is 163 Å². The molecule has 1 N–H and O–H groups in total. The maximum atomic E-state index is 14.3. The molecule has 22 heteroatoms. The molecule has 6 rings (SSSR count). The summed E-state index contributed by atoms with van der Waals surface area (Å²) >= 11 is 37.1. The maximum absolute atomic E-state index is 14.3. The Balaban J connectivity index is 0.000000272. The van der Waals surface area contributed by atoms with Crippen molar-refractivity contribution in [3.05, 3.63) is 139 Å². The SMILES string of the molecule is COc1cc(OC)c(Cl)c(N(COCC[Si](C)(C)C)C(=O)N(Cc2ccccc2)c2cc(Cl)ncn2)c1Cl.COc1cc(OC)c(Cl)c(N=C=O)c1Cl.Clc1cc(NCc2ccccc2)ncn1. The predicted octanol–water partition coefficient (Wildman–Crippen LogP) is 13.1. The number of nitrogens with one attached hydrogen (secondary N) is 1. The van der Waals surface area contributed by atoms with Crippen LogP contribution in [0.1, 0.15) is 11.1 Å². The number of urea groups is 1. The van der Waals surface area contributed by atoms with Gasteiger partial charge in [0.1, 0.15) is 90.1 Å². The largest absolute Gasteiger partial charge is 0.495 e. The third kappa shape index (κ3) is 16.4. The lowest BCUT2D eigenvalue weighted by Crippen LogP contribution is -2.45. The minimum Gasteiger partial charge on any atom is -0.495 e. The van der Waals surface area contributed by atoms with Gasteiger partial charge in [-0.3, -0.25) is 9.80 Å². The molecule has 0 atom stereocenters. The van der Waals surface area contributed by atoms with Crippen LogP contribution in [0, 0.1) is 0 Å². The van der Waals surface area contributed by atoms with Gasteiger partial charge in [0.15, 0.2) is 0 Å². The number of methoxy groups -OCH3 is 4. The molecule has 0 unspecified atom stereocenters. The Bertz CT molecular complexity index is 2580. The van der Waals surface area contributed by atoms with E-state index in [1.165, 1.54) is 74.7 Å². The van der Waals surface area contributed by atoms with Crippen LogP contribution in [0.15, 0.2) is 103 Å². The highest BCUT2D eigenvalue weighted by molar-refractivity contribution is 6.76. The first-order chi connectivity index (χ1) is 32.5. The number of hydrogen-bond acceptors (Lipinski definition) is 13. The number of benzene rings is 4. The van der Waals surface area contributed by atoms with Crippen molar-refractivity contribution >= 4 is 113 Å². The molecule has 15 nitrogen and oxygen atoms in total. The molecule has 0 aliphatic rings. The lowest BCUT2D eigenvalue weighted by molar-refractivity contribution is 0.148. The molecule has 0 radical (unpaired) electrons. The van der Waals surface area contributed by atoms with E-state index in [1.54, 1.807) is 12.1 Å². The summed E-state index contributed by atoms with van der Waals surface area (Å²) in [5, 5.41) is 4.37. The minimum absolute atomic E-state index is 0.0875. The van der Waals surface area contributed by atoms with Crippen molar-refractivity contribution in [1.82, 2.24) is 19.9 Å². The van der Waals surface area contributed by atoms with Gasteiger partial charge in [0, 0.05) is 45.5 Å². The number of anilines is 3. The van der Waals surface area contributed by atoms with Crippen molar-refractivity contribution in [1.29, 1.82) is 0 Å². The Hall–Kier alpha value is -5.39. The van der Waals surface area contributed by atoms with Crippen LogP contribution in [0.25, 0.3) is 0 Å². The van der Waals surface area contributed by atoms with Crippen molar-refractivity contribution in [3.8, 4) is 23.0 Å². The van der Waals surface area contributed by atoms with Crippen LogP contribution >= 0.6 is 69.6 Å². The summed E-state index contributed by atoms with van der Waals surface area (Å²) < 4.78 is 26.8. The number of isocyanates is 1. The Labute approximate surface area is 426 Å². The zero-order valence-corrected chi connectivity index (χ0v) is 43.6. The molecule has 2 amide bonds. The first kappa shape index (κ1) is 55.2. The van der Waals surface area contributed by atoms with E-state index in [2.05, 4.69) is 62.0 Å². The summed E-state index contributed by atoms with van der Waals surface area (Å²) in [5.74, 6) is 2.27. The summed E-state index contributed by atoms with van der Waals surface area (Å²) in [6, 6.07) is 26.3. The smallest absolute Gasteiger partial charge is 0.332 e. The number of carbonyl (C=O) groups excluding carboxylic acids is 2. The Morgan fingerprint density at radius 1 is 0.662 bits per heavy atom. The molecule has 0 saturated carbocycles. The van der Waals surface area contributed by atoms with E-state index < -0.39 is 14.1 Å². The van der Waals surface area contributed by atoms with E-state index >= 15 is 0 Å². The van der Waals surface area contributed by atoms with E-state index in [1.807, 2.05) is 48.5 Å².